The Kier molecular flexibility index (Phi) is 9.68. The number of alkyl carbamates (subject to hydrolysis) is 1. The molecule has 0 heterocycles. The highest BCUT2D eigenvalue weighted by atomic mass is 16.5. The fraction of sp³-hybridized carbons (Fsp3) is 0.529. The van der Waals surface area contributed by atoms with Gasteiger partial charge in [0.25, 0.3) is 0 Å². The third-order valence-electron chi connectivity index (χ3n) is 3.81. The smallest absolute Gasteiger partial charge is 0.408 e. The van der Waals surface area contributed by atoms with Gasteiger partial charge in [-0.2, -0.15) is 0 Å². The third-order valence-corrected chi connectivity index (χ3v) is 3.81. The fourth-order valence-corrected chi connectivity index (χ4v) is 2.13. The van der Waals surface area contributed by atoms with E-state index in [2.05, 4.69) is 10.6 Å². The van der Waals surface area contributed by atoms with Crippen LogP contribution in [-0.4, -0.2) is 81.1 Å². The average Bonchev–Trinajstić information content (AvgIpc) is 2.69. The van der Waals surface area contributed by atoms with Gasteiger partial charge in [-0.05, 0) is 12.5 Å². The number of hydrogen-bond acceptors (Lipinski definition) is 8. The SMILES string of the molecule is C[C@H](NC(=O)OCc1ccccc1)C(=O)N[C@@H](CO)[C@@H](O)[C@H](O)[C@H](O)CO. The molecule has 0 aromatic heterocycles. The first-order valence-electron chi connectivity index (χ1n) is 8.33. The number of carbonyl (C=O) groups excluding carboxylic acids is 2. The molecule has 5 atom stereocenters. The minimum atomic E-state index is -1.79. The zero-order valence-corrected chi connectivity index (χ0v) is 14.9. The molecule has 1 aromatic rings. The summed E-state index contributed by atoms with van der Waals surface area (Å²) >= 11 is 0. The molecule has 0 aliphatic carbocycles. The minimum Gasteiger partial charge on any atom is -0.445 e. The second-order valence-corrected chi connectivity index (χ2v) is 5.96. The molecule has 0 bridgehead atoms. The number of nitrogens with one attached hydrogen (secondary N) is 2. The number of aliphatic hydroxyl groups excluding tert-OH is 5. The first-order chi connectivity index (χ1) is 12.8. The molecule has 1 rings (SSSR count). The van der Waals surface area contributed by atoms with Crippen LogP contribution < -0.4 is 10.6 Å². The lowest BCUT2D eigenvalue weighted by Gasteiger charge is -2.29. The predicted octanol–water partition coefficient (Wildman–Crippen LogP) is -2.15. The molecule has 0 unspecified atom stereocenters. The molecule has 152 valence electrons. The molecule has 0 spiro atoms. The average molecular weight is 386 g/mol. The number of aliphatic hydroxyl groups is 5. The van der Waals surface area contributed by atoms with Crippen molar-refractivity contribution in [3.05, 3.63) is 35.9 Å². The lowest BCUT2D eigenvalue weighted by molar-refractivity contribution is -0.128. The van der Waals surface area contributed by atoms with Crippen LogP contribution in [-0.2, 0) is 16.1 Å². The maximum atomic E-state index is 12.1. The Bertz CT molecular complexity index is 586. The Morgan fingerprint density at radius 2 is 1.63 bits per heavy atom. The highest BCUT2D eigenvalue weighted by Crippen LogP contribution is 2.06. The summed E-state index contributed by atoms with van der Waals surface area (Å²) < 4.78 is 4.98. The molecule has 0 saturated carbocycles. The van der Waals surface area contributed by atoms with Gasteiger partial charge in [-0.1, -0.05) is 30.3 Å². The summed E-state index contributed by atoms with van der Waals surface area (Å²) in [5, 5.41) is 51.5. The molecule has 10 nitrogen and oxygen atoms in total. The van der Waals surface area contributed by atoms with E-state index in [0.717, 1.165) is 5.56 Å². The van der Waals surface area contributed by atoms with Crippen molar-refractivity contribution in [2.75, 3.05) is 13.2 Å². The summed E-state index contributed by atoms with van der Waals surface area (Å²) in [4.78, 5) is 23.8. The molecule has 0 saturated heterocycles. The normalized spacial score (nSPS) is 16.5. The van der Waals surface area contributed by atoms with Crippen molar-refractivity contribution in [1.82, 2.24) is 10.6 Å². The zero-order chi connectivity index (χ0) is 20.4. The minimum absolute atomic E-state index is 0.0181. The Balaban J connectivity index is 2.50. The first kappa shape index (κ1) is 22.8. The molecular weight excluding hydrogens is 360 g/mol. The molecule has 10 heteroatoms. The number of benzene rings is 1. The van der Waals surface area contributed by atoms with E-state index in [0.29, 0.717) is 0 Å². The van der Waals surface area contributed by atoms with Crippen LogP contribution in [0.4, 0.5) is 4.79 Å². The fourth-order valence-electron chi connectivity index (χ4n) is 2.13. The summed E-state index contributed by atoms with van der Waals surface area (Å²) in [6.07, 6.45) is -6.00. The quantitative estimate of drug-likeness (QED) is 0.239. The number of carbonyl (C=O) groups is 2. The van der Waals surface area contributed by atoms with E-state index in [9.17, 15) is 30.0 Å². The first-order valence-corrected chi connectivity index (χ1v) is 8.33. The topological polar surface area (TPSA) is 169 Å². The number of ether oxygens (including phenoxy) is 1. The maximum Gasteiger partial charge on any atom is 0.408 e. The Morgan fingerprint density at radius 3 is 2.19 bits per heavy atom. The summed E-state index contributed by atoms with van der Waals surface area (Å²) in [6, 6.07) is 6.54. The molecule has 27 heavy (non-hydrogen) atoms. The lowest BCUT2D eigenvalue weighted by Crippen LogP contribution is -2.57. The summed E-state index contributed by atoms with van der Waals surface area (Å²) in [5.74, 6) is -0.754. The van der Waals surface area contributed by atoms with Crippen LogP contribution in [0.3, 0.4) is 0 Å². The van der Waals surface area contributed by atoms with E-state index in [4.69, 9.17) is 9.84 Å². The summed E-state index contributed by atoms with van der Waals surface area (Å²) in [7, 11) is 0. The van der Waals surface area contributed by atoms with E-state index in [1.807, 2.05) is 6.07 Å². The van der Waals surface area contributed by atoms with Gasteiger partial charge >= 0.3 is 6.09 Å². The van der Waals surface area contributed by atoms with Crippen LogP contribution in [0, 0.1) is 0 Å². The maximum absolute atomic E-state index is 12.1. The lowest BCUT2D eigenvalue weighted by atomic mass is 10.0. The molecule has 0 aliphatic heterocycles. The number of hydrogen-bond donors (Lipinski definition) is 7. The van der Waals surface area contributed by atoms with Crippen LogP contribution in [0.25, 0.3) is 0 Å². The summed E-state index contributed by atoms with van der Waals surface area (Å²) in [6.45, 7) is -0.175. The van der Waals surface area contributed by atoms with Gasteiger partial charge in [0.15, 0.2) is 0 Å². The van der Waals surface area contributed by atoms with Crippen molar-refractivity contribution in [3.63, 3.8) is 0 Å². The highest BCUT2D eigenvalue weighted by molar-refractivity contribution is 5.85. The van der Waals surface area contributed by atoms with Crippen molar-refractivity contribution >= 4 is 12.0 Å². The van der Waals surface area contributed by atoms with Crippen LogP contribution in [0.15, 0.2) is 30.3 Å². The van der Waals surface area contributed by atoms with Crippen LogP contribution in [0.2, 0.25) is 0 Å². The van der Waals surface area contributed by atoms with Crippen molar-refractivity contribution < 1.29 is 39.9 Å². The van der Waals surface area contributed by atoms with E-state index in [1.54, 1.807) is 24.3 Å². The van der Waals surface area contributed by atoms with Gasteiger partial charge in [0, 0.05) is 0 Å². The second kappa shape index (κ2) is 11.5. The number of amides is 2. The van der Waals surface area contributed by atoms with E-state index >= 15 is 0 Å². The van der Waals surface area contributed by atoms with Gasteiger partial charge in [-0.25, -0.2) is 4.79 Å². The van der Waals surface area contributed by atoms with Crippen LogP contribution >= 0.6 is 0 Å². The molecule has 1 aromatic carbocycles. The molecule has 7 N–H and O–H groups in total. The molecular formula is C17H26N2O8. The Morgan fingerprint density at radius 1 is 1.00 bits per heavy atom. The third kappa shape index (κ3) is 7.49. The standard InChI is InChI=1S/C17H26N2O8/c1-10(18-17(26)27-9-11-5-3-2-4-6-11)16(25)19-12(7-20)14(23)15(24)13(22)8-21/h2-6,10,12-15,20-24H,7-9H2,1H3,(H,18,26)(H,19,25)/t10-,12-,13+,14+,15+/m0/s1. The largest absolute Gasteiger partial charge is 0.445 e. The van der Waals surface area contributed by atoms with Gasteiger partial charge in [0.1, 0.15) is 31.0 Å². The van der Waals surface area contributed by atoms with Gasteiger partial charge in [-0.3, -0.25) is 4.79 Å². The van der Waals surface area contributed by atoms with Gasteiger partial charge < -0.3 is 40.9 Å². The van der Waals surface area contributed by atoms with Crippen molar-refractivity contribution in [2.24, 2.45) is 0 Å². The van der Waals surface area contributed by atoms with Crippen molar-refractivity contribution in [2.45, 2.75) is 43.9 Å². The monoisotopic (exact) mass is 386 g/mol. The number of rotatable bonds is 10. The Labute approximate surface area is 156 Å². The van der Waals surface area contributed by atoms with Crippen LogP contribution in [0.5, 0.6) is 0 Å². The van der Waals surface area contributed by atoms with Gasteiger partial charge in [0.2, 0.25) is 5.91 Å². The van der Waals surface area contributed by atoms with Crippen LogP contribution in [0.1, 0.15) is 12.5 Å². The summed E-state index contributed by atoms with van der Waals surface area (Å²) in [5.41, 5.74) is 0.768. The molecule has 0 aliphatic rings. The van der Waals surface area contributed by atoms with E-state index < -0.39 is 55.6 Å². The molecule has 0 fully saturated rings. The predicted molar refractivity (Wildman–Crippen MR) is 93.3 cm³/mol. The Hall–Kier alpha value is -2.24. The molecule has 2 amide bonds. The van der Waals surface area contributed by atoms with Gasteiger partial charge in [-0.15, -0.1) is 0 Å². The second-order valence-electron chi connectivity index (χ2n) is 5.96. The van der Waals surface area contributed by atoms with Gasteiger partial charge in [0.05, 0.1) is 19.3 Å². The van der Waals surface area contributed by atoms with Crippen molar-refractivity contribution in [1.29, 1.82) is 0 Å². The van der Waals surface area contributed by atoms with E-state index in [-0.39, 0.29) is 6.61 Å². The van der Waals surface area contributed by atoms with E-state index in [1.165, 1.54) is 6.92 Å². The molecule has 0 radical (unpaired) electrons. The van der Waals surface area contributed by atoms with Crippen molar-refractivity contribution in [3.8, 4) is 0 Å². The zero-order valence-electron chi connectivity index (χ0n) is 14.9. The highest BCUT2D eigenvalue weighted by Gasteiger charge is 2.32.